The second kappa shape index (κ2) is 11.6. The fourth-order valence-electron chi connectivity index (χ4n) is 2.61. The summed E-state index contributed by atoms with van der Waals surface area (Å²) in [6.45, 7) is 10.8. The van der Waals surface area contributed by atoms with E-state index in [9.17, 15) is 14.0 Å². The predicted molar refractivity (Wildman–Crippen MR) is 121 cm³/mol. The van der Waals surface area contributed by atoms with Crippen LogP contribution in [0, 0.1) is 0 Å². The van der Waals surface area contributed by atoms with Crippen LogP contribution in [0.2, 0.25) is 0 Å². The standard InChI is InChI=1S/C26H27FO4/c1-18(2)25(28)30-15-13-20-5-7-22(8-6-20)17-24(27)23-11-9-21(10-12-23)14-16-31-26(29)19(3)4/h5-12,17H,1,3,13-16H2,2,4H3/b24-17+. The topological polar surface area (TPSA) is 52.6 Å². The minimum Gasteiger partial charge on any atom is -0.462 e. The van der Waals surface area contributed by atoms with E-state index in [1.165, 1.54) is 6.08 Å². The molecule has 0 amide bonds. The van der Waals surface area contributed by atoms with E-state index in [0.717, 1.165) is 16.7 Å². The lowest BCUT2D eigenvalue weighted by atomic mass is 10.1. The maximum atomic E-state index is 14.6. The molecule has 4 nitrogen and oxygen atoms in total. The van der Waals surface area contributed by atoms with Crippen molar-refractivity contribution in [1.29, 1.82) is 0 Å². The lowest BCUT2D eigenvalue weighted by Gasteiger charge is -2.06. The van der Waals surface area contributed by atoms with Crippen molar-refractivity contribution in [3.8, 4) is 0 Å². The van der Waals surface area contributed by atoms with E-state index < -0.39 is 11.9 Å². The van der Waals surface area contributed by atoms with Gasteiger partial charge in [0.2, 0.25) is 0 Å². The number of ether oxygens (including phenoxy) is 2. The number of carbonyl (C=O) groups excluding carboxylic acids is 2. The Hall–Kier alpha value is -3.47. The van der Waals surface area contributed by atoms with Crippen LogP contribution in [0.5, 0.6) is 0 Å². The van der Waals surface area contributed by atoms with Crippen LogP contribution in [0.15, 0.2) is 72.8 Å². The number of halogens is 1. The van der Waals surface area contributed by atoms with E-state index in [1.807, 2.05) is 36.4 Å². The Morgan fingerprint density at radius 2 is 1.23 bits per heavy atom. The van der Waals surface area contributed by atoms with Crippen molar-refractivity contribution in [2.45, 2.75) is 26.7 Å². The summed E-state index contributed by atoms with van der Waals surface area (Å²) in [6, 6.07) is 14.4. The molecule has 0 atom stereocenters. The molecule has 0 aliphatic carbocycles. The Labute approximate surface area is 182 Å². The minimum atomic E-state index is -0.413. The van der Waals surface area contributed by atoms with Crippen LogP contribution in [0.4, 0.5) is 4.39 Å². The molecule has 162 valence electrons. The van der Waals surface area contributed by atoms with Crippen molar-refractivity contribution in [3.05, 3.63) is 95.1 Å². The molecule has 0 N–H and O–H groups in total. The Morgan fingerprint density at radius 3 is 1.65 bits per heavy atom. The third-order valence-corrected chi connectivity index (χ3v) is 4.45. The lowest BCUT2D eigenvalue weighted by Crippen LogP contribution is -2.08. The van der Waals surface area contributed by atoms with Gasteiger partial charge in [-0.05, 0) is 36.6 Å². The monoisotopic (exact) mass is 422 g/mol. The van der Waals surface area contributed by atoms with E-state index in [0.29, 0.717) is 29.6 Å². The molecule has 0 saturated heterocycles. The van der Waals surface area contributed by atoms with E-state index in [1.54, 1.807) is 26.0 Å². The smallest absolute Gasteiger partial charge is 0.333 e. The number of benzene rings is 2. The number of hydrogen-bond acceptors (Lipinski definition) is 4. The van der Waals surface area contributed by atoms with Gasteiger partial charge in [-0.2, -0.15) is 0 Å². The molecule has 0 aliphatic rings. The normalized spacial score (nSPS) is 11.0. The third kappa shape index (κ3) is 8.05. The van der Waals surface area contributed by atoms with Gasteiger partial charge in [-0.15, -0.1) is 0 Å². The molecule has 0 bridgehead atoms. The summed E-state index contributed by atoms with van der Waals surface area (Å²) in [5.41, 5.74) is 3.87. The summed E-state index contributed by atoms with van der Waals surface area (Å²) in [6.07, 6.45) is 2.59. The summed E-state index contributed by atoms with van der Waals surface area (Å²) in [7, 11) is 0. The second-order valence-electron chi connectivity index (χ2n) is 7.26. The lowest BCUT2D eigenvalue weighted by molar-refractivity contribution is -0.139. The second-order valence-corrected chi connectivity index (χ2v) is 7.26. The van der Waals surface area contributed by atoms with Crippen molar-refractivity contribution in [3.63, 3.8) is 0 Å². The van der Waals surface area contributed by atoms with Gasteiger partial charge in [-0.25, -0.2) is 14.0 Å². The molecule has 0 saturated carbocycles. The summed E-state index contributed by atoms with van der Waals surface area (Å²) in [5, 5.41) is 0. The van der Waals surface area contributed by atoms with Crippen LogP contribution in [0.3, 0.4) is 0 Å². The highest BCUT2D eigenvalue weighted by Gasteiger charge is 2.05. The highest BCUT2D eigenvalue weighted by atomic mass is 19.1. The van der Waals surface area contributed by atoms with Crippen LogP contribution in [0.25, 0.3) is 11.9 Å². The van der Waals surface area contributed by atoms with Crippen molar-refractivity contribution >= 4 is 23.8 Å². The first-order chi connectivity index (χ1) is 14.8. The molecule has 0 heterocycles. The summed E-state index contributed by atoms with van der Waals surface area (Å²) < 4.78 is 24.7. The van der Waals surface area contributed by atoms with Crippen molar-refractivity contribution in [2.75, 3.05) is 13.2 Å². The Morgan fingerprint density at radius 1 is 0.806 bits per heavy atom. The fraction of sp³-hybridized carbons (Fsp3) is 0.231. The minimum absolute atomic E-state index is 0.252. The maximum absolute atomic E-state index is 14.6. The number of rotatable bonds is 10. The van der Waals surface area contributed by atoms with Crippen LogP contribution < -0.4 is 0 Å². The third-order valence-electron chi connectivity index (χ3n) is 4.45. The van der Waals surface area contributed by atoms with E-state index >= 15 is 0 Å². The zero-order chi connectivity index (χ0) is 22.8. The molecule has 0 radical (unpaired) electrons. The number of esters is 2. The summed E-state index contributed by atoms with van der Waals surface area (Å²) >= 11 is 0. The molecular weight excluding hydrogens is 395 g/mol. The molecule has 0 fully saturated rings. The molecular formula is C26H27FO4. The van der Waals surface area contributed by atoms with Gasteiger partial charge in [0.05, 0.1) is 13.2 Å². The zero-order valence-electron chi connectivity index (χ0n) is 17.9. The van der Waals surface area contributed by atoms with Gasteiger partial charge in [0, 0.05) is 29.6 Å². The zero-order valence-corrected chi connectivity index (χ0v) is 17.9. The molecule has 31 heavy (non-hydrogen) atoms. The Kier molecular flexibility index (Phi) is 8.94. The highest BCUT2D eigenvalue weighted by molar-refractivity contribution is 5.87. The average Bonchev–Trinajstić information content (AvgIpc) is 2.75. The molecule has 0 aromatic heterocycles. The van der Waals surface area contributed by atoms with Gasteiger partial charge in [0.25, 0.3) is 0 Å². The summed E-state index contributed by atoms with van der Waals surface area (Å²) in [4.78, 5) is 22.7. The SMILES string of the molecule is C=C(C)C(=O)OCCc1ccc(/C=C(/F)c2ccc(CCOC(=O)C(=C)C)cc2)cc1. The van der Waals surface area contributed by atoms with Crippen molar-refractivity contribution < 1.29 is 23.5 Å². The summed E-state index contributed by atoms with van der Waals surface area (Å²) in [5.74, 6) is -1.16. The maximum Gasteiger partial charge on any atom is 0.333 e. The van der Waals surface area contributed by atoms with Gasteiger partial charge in [-0.1, -0.05) is 61.7 Å². The van der Waals surface area contributed by atoms with Gasteiger partial charge < -0.3 is 9.47 Å². The van der Waals surface area contributed by atoms with Crippen LogP contribution in [-0.4, -0.2) is 25.2 Å². The molecule has 2 aromatic rings. The molecule has 0 spiro atoms. The van der Waals surface area contributed by atoms with E-state index in [4.69, 9.17) is 9.47 Å². The molecule has 0 unspecified atom stereocenters. The molecule has 5 heteroatoms. The predicted octanol–water partition coefficient (Wildman–Crippen LogP) is 5.48. The molecule has 2 aromatic carbocycles. The van der Waals surface area contributed by atoms with Gasteiger partial charge >= 0.3 is 11.9 Å². The van der Waals surface area contributed by atoms with Crippen molar-refractivity contribution in [1.82, 2.24) is 0 Å². The average molecular weight is 422 g/mol. The largest absolute Gasteiger partial charge is 0.462 e. The van der Waals surface area contributed by atoms with E-state index in [2.05, 4.69) is 13.2 Å². The fourth-order valence-corrected chi connectivity index (χ4v) is 2.61. The molecule has 0 aliphatic heterocycles. The van der Waals surface area contributed by atoms with Gasteiger partial charge in [0.15, 0.2) is 0 Å². The number of carbonyl (C=O) groups is 2. The molecule has 2 rings (SSSR count). The van der Waals surface area contributed by atoms with Gasteiger partial charge in [0.1, 0.15) is 5.83 Å². The van der Waals surface area contributed by atoms with Crippen LogP contribution in [0.1, 0.15) is 36.1 Å². The van der Waals surface area contributed by atoms with Crippen molar-refractivity contribution in [2.24, 2.45) is 0 Å². The Bertz CT molecular complexity index is 969. The first-order valence-electron chi connectivity index (χ1n) is 9.97. The van der Waals surface area contributed by atoms with Gasteiger partial charge in [-0.3, -0.25) is 0 Å². The first kappa shape index (κ1) is 23.8. The Balaban J connectivity index is 1.89. The highest BCUT2D eigenvalue weighted by Crippen LogP contribution is 2.21. The number of hydrogen-bond donors (Lipinski definition) is 0. The quantitative estimate of drug-likeness (QED) is 0.289. The van der Waals surface area contributed by atoms with Crippen LogP contribution in [-0.2, 0) is 31.9 Å². The van der Waals surface area contributed by atoms with Crippen LogP contribution >= 0.6 is 0 Å². The first-order valence-corrected chi connectivity index (χ1v) is 9.97. The van der Waals surface area contributed by atoms with E-state index in [-0.39, 0.29) is 19.0 Å².